The summed E-state index contributed by atoms with van der Waals surface area (Å²) in [5, 5.41) is 4.88. The van der Waals surface area contributed by atoms with E-state index in [-0.39, 0.29) is 5.91 Å². The number of nitrogens with two attached hydrogens (primary N) is 1. The highest BCUT2D eigenvalue weighted by molar-refractivity contribution is 7.10. The molecule has 0 aliphatic rings. The van der Waals surface area contributed by atoms with Crippen LogP contribution in [0.1, 0.15) is 36.6 Å². The van der Waals surface area contributed by atoms with Crippen LogP contribution in [-0.2, 0) is 11.3 Å². The average molecular weight is 250 g/mol. The minimum atomic E-state index is 0.120. The standard InChI is InChI=1S/C13H18N2OS/c1-2-3-6-13(16)15-9-12-8-11(10-17-12)5-4-7-14/h8,10H,2-3,6-7,9,14H2,1H3,(H,15,16). The first-order chi connectivity index (χ1) is 8.26. The number of unbranched alkanes of at least 4 members (excludes halogenated alkanes) is 1. The molecule has 0 radical (unpaired) electrons. The predicted octanol–water partition coefficient (Wildman–Crippen LogP) is 1.86. The van der Waals surface area contributed by atoms with Crippen LogP contribution in [0.2, 0.25) is 0 Å². The minimum Gasteiger partial charge on any atom is -0.351 e. The monoisotopic (exact) mass is 250 g/mol. The second-order valence-electron chi connectivity index (χ2n) is 3.69. The van der Waals surface area contributed by atoms with Gasteiger partial charge in [-0.2, -0.15) is 0 Å². The molecule has 0 saturated heterocycles. The zero-order chi connectivity index (χ0) is 12.5. The highest BCUT2D eigenvalue weighted by Crippen LogP contribution is 2.13. The smallest absolute Gasteiger partial charge is 0.220 e. The molecule has 4 heteroatoms. The van der Waals surface area contributed by atoms with Crippen molar-refractivity contribution in [1.29, 1.82) is 0 Å². The van der Waals surface area contributed by atoms with Gasteiger partial charge in [0.05, 0.1) is 13.1 Å². The zero-order valence-corrected chi connectivity index (χ0v) is 10.9. The molecule has 1 aromatic heterocycles. The fourth-order valence-electron chi connectivity index (χ4n) is 1.30. The maximum atomic E-state index is 11.4. The van der Waals surface area contributed by atoms with Gasteiger partial charge in [-0.25, -0.2) is 0 Å². The summed E-state index contributed by atoms with van der Waals surface area (Å²) in [7, 11) is 0. The Morgan fingerprint density at radius 1 is 1.59 bits per heavy atom. The topological polar surface area (TPSA) is 55.1 Å². The molecule has 0 atom stereocenters. The largest absolute Gasteiger partial charge is 0.351 e. The molecule has 17 heavy (non-hydrogen) atoms. The van der Waals surface area contributed by atoms with E-state index < -0.39 is 0 Å². The van der Waals surface area contributed by atoms with Crippen LogP contribution < -0.4 is 11.1 Å². The first kappa shape index (κ1) is 13.8. The Morgan fingerprint density at radius 2 is 2.41 bits per heavy atom. The van der Waals surface area contributed by atoms with Gasteiger partial charge in [0.25, 0.3) is 0 Å². The van der Waals surface area contributed by atoms with E-state index in [0.717, 1.165) is 23.3 Å². The van der Waals surface area contributed by atoms with Crippen molar-refractivity contribution in [2.45, 2.75) is 32.7 Å². The Balaban J connectivity index is 2.36. The molecule has 1 amide bonds. The maximum absolute atomic E-state index is 11.4. The average Bonchev–Trinajstić information content (AvgIpc) is 2.79. The summed E-state index contributed by atoms with van der Waals surface area (Å²) in [6.45, 7) is 3.05. The Kier molecular flexibility index (Phi) is 6.38. The highest BCUT2D eigenvalue weighted by atomic mass is 32.1. The van der Waals surface area contributed by atoms with Gasteiger partial charge in [-0.3, -0.25) is 4.79 Å². The first-order valence-corrected chi connectivity index (χ1v) is 6.67. The number of hydrogen-bond acceptors (Lipinski definition) is 3. The van der Waals surface area contributed by atoms with Gasteiger partial charge >= 0.3 is 0 Å². The Hall–Kier alpha value is -1.31. The lowest BCUT2D eigenvalue weighted by Crippen LogP contribution is -2.21. The zero-order valence-electron chi connectivity index (χ0n) is 10.1. The molecular weight excluding hydrogens is 232 g/mol. The van der Waals surface area contributed by atoms with E-state index in [9.17, 15) is 4.79 Å². The van der Waals surface area contributed by atoms with Gasteiger partial charge in [-0.15, -0.1) is 11.3 Å². The molecule has 0 fully saturated rings. The van der Waals surface area contributed by atoms with Crippen LogP contribution >= 0.6 is 11.3 Å². The lowest BCUT2D eigenvalue weighted by Gasteiger charge is -2.01. The third-order valence-corrected chi connectivity index (χ3v) is 3.14. The number of thiophene rings is 1. The van der Waals surface area contributed by atoms with Crippen molar-refractivity contribution in [3.8, 4) is 11.8 Å². The van der Waals surface area contributed by atoms with Crippen molar-refractivity contribution >= 4 is 17.2 Å². The van der Waals surface area contributed by atoms with Crippen molar-refractivity contribution in [3.63, 3.8) is 0 Å². The second-order valence-corrected chi connectivity index (χ2v) is 4.68. The normalized spacial score (nSPS) is 9.53. The Bertz CT molecular complexity index is 415. The van der Waals surface area contributed by atoms with Crippen molar-refractivity contribution in [3.05, 3.63) is 21.9 Å². The van der Waals surface area contributed by atoms with Crippen LogP contribution in [0.25, 0.3) is 0 Å². The molecule has 1 aromatic rings. The van der Waals surface area contributed by atoms with Crippen molar-refractivity contribution in [2.24, 2.45) is 5.73 Å². The maximum Gasteiger partial charge on any atom is 0.220 e. The van der Waals surface area contributed by atoms with Gasteiger partial charge < -0.3 is 11.1 Å². The number of rotatable bonds is 5. The molecule has 3 N–H and O–H groups in total. The molecule has 1 heterocycles. The first-order valence-electron chi connectivity index (χ1n) is 5.79. The van der Waals surface area contributed by atoms with Crippen molar-refractivity contribution < 1.29 is 4.79 Å². The number of carbonyl (C=O) groups is 1. The fraction of sp³-hybridized carbons (Fsp3) is 0.462. The van der Waals surface area contributed by atoms with Crippen LogP contribution in [0.15, 0.2) is 11.4 Å². The highest BCUT2D eigenvalue weighted by Gasteiger charge is 2.02. The fourth-order valence-corrected chi connectivity index (χ4v) is 2.06. The lowest BCUT2D eigenvalue weighted by molar-refractivity contribution is -0.121. The van der Waals surface area contributed by atoms with Crippen LogP contribution in [0.3, 0.4) is 0 Å². The molecule has 3 nitrogen and oxygen atoms in total. The SMILES string of the molecule is CCCCC(=O)NCc1cc(C#CCN)cs1. The van der Waals surface area contributed by atoms with Gasteiger partial charge in [0, 0.05) is 22.2 Å². The quantitative estimate of drug-likeness (QED) is 0.784. The van der Waals surface area contributed by atoms with E-state index in [2.05, 4.69) is 24.1 Å². The van der Waals surface area contributed by atoms with E-state index in [4.69, 9.17) is 5.73 Å². The molecule has 92 valence electrons. The molecule has 0 spiro atoms. The van der Waals surface area contributed by atoms with Gasteiger partial charge in [0.2, 0.25) is 5.91 Å². The molecular formula is C13H18N2OS. The minimum absolute atomic E-state index is 0.120. The summed E-state index contributed by atoms with van der Waals surface area (Å²) in [6.07, 6.45) is 2.61. The van der Waals surface area contributed by atoms with Crippen molar-refractivity contribution in [1.82, 2.24) is 5.32 Å². The predicted molar refractivity (Wildman–Crippen MR) is 71.6 cm³/mol. The molecule has 1 rings (SSSR count). The summed E-state index contributed by atoms with van der Waals surface area (Å²) >= 11 is 1.61. The number of hydrogen-bond donors (Lipinski definition) is 2. The van der Waals surface area contributed by atoms with Gasteiger partial charge in [0.15, 0.2) is 0 Å². The number of nitrogens with one attached hydrogen (secondary N) is 1. The van der Waals surface area contributed by atoms with E-state index in [0.29, 0.717) is 19.5 Å². The molecule has 0 unspecified atom stereocenters. The van der Waals surface area contributed by atoms with Gasteiger partial charge in [-0.1, -0.05) is 25.2 Å². The van der Waals surface area contributed by atoms with Crippen LogP contribution in [0.4, 0.5) is 0 Å². The molecule has 0 aromatic carbocycles. The summed E-state index contributed by atoms with van der Waals surface area (Å²) < 4.78 is 0. The van der Waals surface area contributed by atoms with Crippen LogP contribution in [-0.4, -0.2) is 12.5 Å². The van der Waals surface area contributed by atoms with Crippen molar-refractivity contribution in [2.75, 3.05) is 6.54 Å². The molecule has 0 saturated carbocycles. The van der Waals surface area contributed by atoms with Crippen LogP contribution in [0.5, 0.6) is 0 Å². The summed E-state index contributed by atoms with van der Waals surface area (Å²) in [6, 6.07) is 1.99. The Labute approximate surface area is 106 Å². The summed E-state index contributed by atoms with van der Waals surface area (Å²) in [5.74, 6) is 5.90. The molecule has 0 aliphatic carbocycles. The second kappa shape index (κ2) is 7.88. The van der Waals surface area contributed by atoms with E-state index in [1.54, 1.807) is 11.3 Å². The molecule has 0 bridgehead atoms. The van der Waals surface area contributed by atoms with E-state index >= 15 is 0 Å². The molecule has 0 aliphatic heterocycles. The van der Waals surface area contributed by atoms with E-state index in [1.807, 2.05) is 11.4 Å². The Morgan fingerprint density at radius 3 is 3.12 bits per heavy atom. The lowest BCUT2D eigenvalue weighted by atomic mass is 10.2. The summed E-state index contributed by atoms with van der Waals surface area (Å²) in [5.41, 5.74) is 6.27. The third-order valence-electron chi connectivity index (χ3n) is 2.21. The van der Waals surface area contributed by atoms with Gasteiger partial charge in [0.1, 0.15) is 0 Å². The number of amides is 1. The van der Waals surface area contributed by atoms with Gasteiger partial charge in [-0.05, 0) is 12.5 Å². The van der Waals surface area contributed by atoms with E-state index in [1.165, 1.54) is 0 Å². The third kappa shape index (κ3) is 5.53. The number of carbonyl (C=O) groups excluding carboxylic acids is 1. The van der Waals surface area contributed by atoms with Crippen LogP contribution in [0, 0.1) is 11.8 Å². The summed E-state index contributed by atoms with van der Waals surface area (Å²) in [4.78, 5) is 12.5.